The van der Waals surface area contributed by atoms with Gasteiger partial charge in [-0.1, -0.05) is 15.9 Å². The van der Waals surface area contributed by atoms with E-state index in [9.17, 15) is 4.79 Å². The van der Waals surface area contributed by atoms with Gasteiger partial charge in [0.1, 0.15) is 0 Å². The van der Waals surface area contributed by atoms with Gasteiger partial charge in [-0.05, 0) is 40.9 Å². The Morgan fingerprint density at radius 1 is 1.64 bits per heavy atom. The topological polar surface area (TPSA) is 29.1 Å². The SMILES string of the molecule is Cc1cc(C(=O)NCCCBr)sc1Br. The second-order valence-corrected chi connectivity index (χ2v) is 6.03. The molecule has 0 bridgehead atoms. The van der Waals surface area contributed by atoms with Crippen LogP contribution in [0.25, 0.3) is 0 Å². The Kier molecular flexibility index (Phi) is 5.12. The fraction of sp³-hybridized carbons (Fsp3) is 0.444. The summed E-state index contributed by atoms with van der Waals surface area (Å²) in [7, 11) is 0. The second kappa shape index (κ2) is 5.88. The van der Waals surface area contributed by atoms with Gasteiger partial charge in [0.25, 0.3) is 5.91 Å². The Morgan fingerprint density at radius 2 is 2.36 bits per heavy atom. The first-order valence-corrected chi connectivity index (χ1v) is 6.98. The Morgan fingerprint density at radius 3 is 2.86 bits per heavy atom. The lowest BCUT2D eigenvalue weighted by Crippen LogP contribution is -2.23. The van der Waals surface area contributed by atoms with Crippen LogP contribution in [0.1, 0.15) is 21.7 Å². The van der Waals surface area contributed by atoms with Crippen molar-refractivity contribution in [3.8, 4) is 0 Å². The molecule has 0 radical (unpaired) electrons. The molecule has 0 saturated carbocycles. The van der Waals surface area contributed by atoms with Crippen molar-refractivity contribution < 1.29 is 4.79 Å². The molecule has 0 aliphatic heterocycles. The highest BCUT2D eigenvalue weighted by molar-refractivity contribution is 9.11. The van der Waals surface area contributed by atoms with Crippen LogP contribution in [0.5, 0.6) is 0 Å². The van der Waals surface area contributed by atoms with Crippen LogP contribution in [0.2, 0.25) is 0 Å². The van der Waals surface area contributed by atoms with Gasteiger partial charge in [0.15, 0.2) is 0 Å². The van der Waals surface area contributed by atoms with E-state index in [0.29, 0.717) is 0 Å². The number of hydrogen-bond donors (Lipinski definition) is 1. The Hall–Kier alpha value is 0.130. The Bertz CT molecular complexity index is 305. The van der Waals surface area contributed by atoms with Crippen LogP contribution < -0.4 is 5.32 Å². The third-order valence-electron chi connectivity index (χ3n) is 1.68. The average molecular weight is 341 g/mol. The maximum Gasteiger partial charge on any atom is 0.261 e. The number of nitrogens with one attached hydrogen (secondary N) is 1. The molecule has 1 heterocycles. The molecule has 14 heavy (non-hydrogen) atoms. The molecule has 0 aromatic carbocycles. The molecule has 0 aliphatic rings. The average Bonchev–Trinajstić information content (AvgIpc) is 2.47. The van der Waals surface area contributed by atoms with Crippen LogP contribution >= 0.6 is 43.2 Å². The highest BCUT2D eigenvalue weighted by Crippen LogP contribution is 2.27. The number of carbonyl (C=O) groups excluding carboxylic acids is 1. The van der Waals surface area contributed by atoms with E-state index in [4.69, 9.17) is 0 Å². The lowest BCUT2D eigenvalue weighted by molar-refractivity contribution is 0.0958. The maximum atomic E-state index is 11.5. The third-order valence-corrected chi connectivity index (χ3v) is 4.37. The van der Waals surface area contributed by atoms with Gasteiger partial charge in [0, 0.05) is 11.9 Å². The predicted molar refractivity (Wildman–Crippen MR) is 67.5 cm³/mol. The summed E-state index contributed by atoms with van der Waals surface area (Å²) >= 11 is 8.19. The molecule has 0 spiro atoms. The van der Waals surface area contributed by atoms with Crippen LogP contribution in [-0.2, 0) is 0 Å². The van der Waals surface area contributed by atoms with Crippen LogP contribution in [0.3, 0.4) is 0 Å². The number of alkyl halides is 1. The molecular weight excluding hydrogens is 330 g/mol. The van der Waals surface area contributed by atoms with E-state index in [1.165, 1.54) is 11.3 Å². The van der Waals surface area contributed by atoms with Crippen molar-refractivity contribution >= 4 is 49.1 Å². The number of thiophene rings is 1. The van der Waals surface area contributed by atoms with Gasteiger partial charge in [-0.15, -0.1) is 11.3 Å². The predicted octanol–water partition coefficient (Wildman–Crippen LogP) is 3.33. The van der Waals surface area contributed by atoms with E-state index in [-0.39, 0.29) is 5.91 Å². The van der Waals surface area contributed by atoms with Crippen molar-refractivity contribution in [2.75, 3.05) is 11.9 Å². The van der Waals surface area contributed by atoms with Gasteiger partial charge in [0.2, 0.25) is 0 Å². The van der Waals surface area contributed by atoms with E-state index < -0.39 is 0 Å². The minimum atomic E-state index is 0.0183. The van der Waals surface area contributed by atoms with E-state index in [2.05, 4.69) is 37.2 Å². The molecule has 2 nitrogen and oxygen atoms in total. The number of rotatable bonds is 4. The van der Waals surface area contributed by atoms with Gasteiger partial charge in [0.05, 0.1) is 8.66 Å². The summed E-state index contributed by atoms with van der Waals surface area (Å²) in [4.78, 5) is 12.3. The Balaban J connectivity index is 2.52. The zero-order chi connectivity index (χ0) is 10.6. The van der Waals surface area contributed by atoms with Crippen LogP contribution in [0.15, 0.2) is 9.85 Å². The third kappa shape index (κ3) is 3.37. The highest BCUT2D eigenvalue weighted by Gasteiger charge is 2.09. The Labute approximate surface area is 104 Å². The zero-order valence-electron chi connectivity index (χ0n) is 7.77. The van der Waals surface area contributed by atoms with Gasteiger partial charge in [-0.25, -0.2) is 0 Å². The summed E-state index contributed by atoms with van der Waals surface area (Å²) in [5.74, 6) is 0.0183. The molecule has 78 valence electrons. The first-order valence-electron chi connectivity index (χ1n) is 4.25. The molecule has 0 aliphatic carbocycles. The largest absolute Gasteiger partial charge is 0.351 e. The first kappa shape index (κ1) is 12.2. The molecule has 0 fully saturated rings. The summed E-state index contributed by atoms with van der Waals surface area (Å²) in [6.45, 7) is 2.70. The van der Waals surface area contributed by atoms with E-state index in [1.54, 1.807) is 0 Å². The van der Waals surface area contributed by atoms with E-state index in [1.807, 2.05) is 13.0 Å². The standard InChI is InChI=1S/C9H11Br2NOS/c1-6-5-7(14-8(6)11)9(13)12-4-2-3-10/h5H,2-4H2,1H3,(H,12,13). The summed E-state index contributed by atoms with van der Waals surface area (Å²) in [6.07, 6.45) is 0.956. The molecule has 5 heteroatoms. The fourth-order valence-electron chi connectivity index (χ4n) is 0.928. The van der Waals surface area contributed by atoms with Gasteiger partial charge < -0.3 is 5.32 Å². The quantitative estimate of drug-likeness (QED) is 0.661. The van der Waals surface area contributed by atoms with Crippen molar-refractivity contribution in [1.82, 2.24) is 5.32 Å². The zero-order valence-corrected chi connectivity index (χ0v) is 11.8. The first-order chi connectivity index (χ1) is 6.65. The second-order valence-electron chi connectivity index (χ2n) is 2.87. The molecule has 1 aromatic rings. The minimum absolute atomic E-state index is 0.0183. The van der Waals surface area contributed by atoms with Gasteiger partial charge in [-0.3, -0.25) is 4.79 Å². The molecule has 1 amide bonds. The minimum Gasteiger partial charge on any atom is -0.351 e. The smallest absolute Gasteiger partial charge is 0.261 e. The molecule has 0 unspecified atom stereocenters. The number of amides is 1. The van der Waals surface area contributed by atoms with E-state index in [0.717, 1.165) is 32.5 Å². The summed E-state index contributed by atoms with van der Waals surface area (Å²) < 4.78 is 1.03. The number of halogens is 2. The monoisotopic (exact) mass is 339 g/mol. The van der Waals surface area contributed by atoms with Crippen molar-refractivity contribution in [3.05, 3.63) is 20.3 Å². The van der Waals surface area contributed by atoms with Gasteiger partial charge >= 0.3 is 0 Å². The van der Waals surface area contributed by atoms with Gasteiger partial charge in [-0.2, -0.15) is 0 Å². The summed E-state index contributed by atoms with van der Waals surface area (Å²) in [6, 6.07) is 1.90. The molecule has 1 rings (SSSR count). The number of hydrogen-bond acceptors (Lipinski definition) is 2. The molecule has 0 atom stereocenters. The van der Waals surface area contributed by atoms with Crippen LogP contribution in [0, 0.1) is 6.92 Å². The normalized spacial score (nSPS) is 10.2. The number of aryl methyl sites for hydroxylation is 1. The fourth-order valence-corrected chi connectivity index (χ4v) is 2.66. The summed E-state index contributed by atoms with van der Waals surface area (Å²) in [5, 5.41) is 3.78. The molecule has 1 aromatic heterocycles. The molecular formula is C9H11Br2NOS. The lowest BCUT2D eigenvalue weighted by atomic mass is 10.3. The molecule has 0 saturated heterocycles. The lowest BCUT2D eigenvalue weighted by Gasteiger charge is -2.00. The van der Waals surface area contributed by atoms with Crippen molar-refractivity contribution in [2.24, 2.45) is 0 Å². The van der Waals surface area contributed by atoms with E-state index >= 15 is 0 Å². The maximum absolute atomic E-state index is 11.5. The number of carbonyl (C=O) groups is 1. The highest BCUT2D eigenvalue weighted by atomic mass is 79.9. The summed E-state index contributed by atoms with van der Waals surface area (Å²) in [5.41, 5.74) is 1.11. The molecule has 1 N–H and O–H groups in total. The van der Waals surface area contributed by atoms with Crippen molar-refractivity contribution in [2.45, 2.75) is 13.3 Å². The van der Waals surface area contributed by atoms with Crippen molar-refractivity contribution in [3.63, 3.8) is 0 Å². The van der Waals surface area contributed by atoms with Crippen LogP contribution in [-0.4, -0.2) is 17.8 Å². The van der Waals surface area contributed by atoms with Crippen molar-refractivity contribution in [1.29, 1.82) is 0 Å². The van der Waals surface area contributed by atoms with Crippen LogP contribution in [0.4, 0.5) is 0 Å².